The first kappa shape index (κ1) is 12.7. The third kappa shape index (κ3) is 2.51. The highest BCUT2D eigenvalue weighted by atomic mass is 35.5. The minimum Gasteiger partial charge on any atom is -0.325 e. The summed E-state index contributed by atoms with van der Waals surface area (Å²) in [6.45, 7) is 0. The molecule has 0 atom stereocenters. The molecule has 0 amide bonds. The lowest BCUT2D eigenvalue weighted by molar-refractivity contribution is 0.627. The van der Waals surface area contributed by atoms with Gasteiger partial charge in [0.25, 0.3) is 0 Å². The van der Waals surface area contributed by atoms with Gasteiger partial charge in [0.2, 0.25) is 5.95 Å². The van der Waals surface area contributed by atoms with Gasteiger partial charge in [0, 0.05) is 18.1 Å². The van der Waals surface area contributed by atoms with Crippen molar-refractivity contribution in [2.45, 2.75) is 0 Å². The number of hydrogen-bond acceptors (Lipinski definition) is 2. The summed E-state index contributed by atoms with van der Waals surface area (Å²) in [7, 11) is 0. The maximum absolute atomic E-state index is 13.1. The van der Waals surface area contributed by atoms with Crippen LogP contribution in [0.4, 0.5) is 16.0 Å². The van der Waals surface area contributed by atoms with E-state index >= 15 is 0 Å². The number of aromatic nitrogens is 2. The Hall–Kier alpha value is -2.33. The van der Waals surface area contributed by atoms with Crippen molar-refractivity contribution < 1.29 is 4.39 Å². The van der Waals surface area contributed by atoms with E-state index in [1.54, 1.807) is 23.0 Å². The highest BCUT2D eigenvalue weighted by Gasteiger charge is 2.09. The van der Waals surface area contributed by atoms with Gasteiger partial charge in [-0.05, 0) is 30.3 Å². The standard InChI is InChI=1S/C15H11ClFN3/c16-13-10-11(17)6-7-14(13)20-9-8-18-15(20)19-12-4-2-1-3-5-12/h1-10H,(H,18,19). The number of benzene rings is 2. The first-order valence-corrected chi connectivity index (χ1v) is 6.43. The Kier molecular flexibility index (Phi) is 3.39. The third-order valence-electron chi connectivity index (χ3n) is 2.84. The molecular formula is C15H11ClFN3. The lowest BCUT2D eigenvalue weighted by Crippen LogP contribution is -2.01. The van der Waals surface area contributed by atoms with Crippen molar-refractivity contribution in [1.29, 1.82) is 0 Å². The Morgan fingerprint density at radius 3 is 2.65 bits per heavy atom. The maximum atomic E-state index is 13.1. The van der Waals surface area contributed by atoms with Crippen molar-refractivity contribution in [2.24, 2.45) is 0 Å². The fourth-order valence-corrected chi connectivity index (χ4v) is 2.18. The second kappa shape index (κ2) is 5.35. The average Bonchev–Trinajstić information content (AvgIpc) is 2.88. The third-order valence-corrected chi connectivity index (χ3v) is 3.14. The second-order valence-corrected chi connectivity index (χ2v) is 4.61. The number of rotatable bonds is 3. The Bertz CT molecular complexity index is 725. The molecule has 100 valence electrons. The highest BCUT2D eigenvalue weighted by Crippen LogP contribution is 2.25. The molecule has 1 heterocycles. The Labute approximate surface area is 120 Å². The largest absolute Gasteiger partial charge is 0.325 e. The van der Waals surface area contributed by atoms with E-state index in [9.17, 15) is 4.39 Å². The van der Waals surface area contributed by atoms with Crippen molar-refractivity contribution in [2.75, 3.05) is 5.32 Å². The molecule has 0 fully saturated rings. The van der Waals surface area contributed by atoms with Crippen molar-refractivity contribution >= 4 is 23.2 Å². The van der Waals surface area contributed by atoms with Crippen LogP contribution in [-0.2, 0) is 0 Å². The summed E-state index contributed by atoms with van der Waals surface area (Å²) in [5.41, 5.74) is 1.59. The first-order valence-electron chi connectivity index (χ1n) is 6.05. The van der Waals surface area contributed by atoms with Crippen LogP contribution in [0.5, 0.6) is 0 Å². The summed E-state index contributed by atoms with van der Waals surface area (Å²) in [6, 6.07) is 13.9. The van der Waals surface area contributed by atoms with Gasteiger partial charge in [-0.25, -0.2) is 9.37 Å². The summed E-state index contributed by atoms with van der Waals surface area (Å²) >= 11 is 6.08. The lowest BCUT2D eigenvalue weighted by atomic mass is 10.3. The lowest BCUT2D eigenvalue weighted by Gasteiger charge is -2.11. The molecule has 3 nitrogen and oxygen atoms in total. The fraction of sp³-hybridized carbons (Fsp3) is 0. The van der Waals surface area contributed by atoms with E-state index in [1.807, 2.05) is 30.3 Å². The molecule has 1 N–H and O–H groups in total. The van der Waals surface area contributed by atoms with Gasteiger partial charge < -0.3 is 5.32 Å². The van der Waals surface area contributed by atoms with E-state index in [-0.39, 0.29) is 5.82 Å². The van der Waals surface area contributed by atoms with Crippen LogP contribution in [0, 0.1) is 5.82 Å². The molecule has 0 radical (unpaired) electrons. The van der Waals surface area contributed by atoms with Crippen molar-refractivity contribution in [3.63, 3.8) is 0 Å². The van der Waals surface area contributed by atoms with Gasteiger partial charge in [-0.2, -0.15) is 0 Å². The van der Waals surface area contributed by atoms with E-state index in [0.29, 0.717) is 16.7 Å². The topological polar surface area (TPSA) is 29.9 Å². The molecule has 3 rings (SSSR count). The normalized spacial score (nSPS) is 10.5. The molecule has 5 heteroatoms. The molecule has 0 saturated heterocycles. The molecule has 0 aliphatic rings. The molecule has 0 aliphatic carbocycles. The van der Waals surface area contributed by atoms with Gasteiger partial charge in [0.15, 0.2) is 0 Å². The second-order valence-electron chi connectivity index (χ2n) is 4.21. The highest BCUT2D eigenvalue weighted by molar-refractivity contribution is 6.32. The van der Waals surface area contributed by atoms with Crippen LogP contribution in [0.25, 0.3) is 5.69 Å². The van der Waals surface area contributed by atoms with Crippen LogP contribution in [0.1, 0.15) is 0 Å². The Morgan fingerprint density at radius 1 is 1.10 bits per heavy atom. The molecule has 20 heavy (non-hydrogen) atoms. The van der Waals surface area contributed by atoms with Crippen LogP contribution in [0.3, 0.4) is 0 Å². The minimum absolute atomic E-state index is 0.333. The molecule has 0 spiro atoms. The van der Waals surface area contributed by atoms with Crippen molar-refractivity contribution in [1.82, 2.24) is 9.55 Å². The maximum Gasteiger partial charge on any atom is 0.212 e. The smallest absolute Gasteiger partial charge is 0.212 e. The predicted molar refractivity (Wildman–Crippen MR) is 78.3 cm³/mol. The molecule has 3 aromatic rings. The van der Waals surface area contributed by atoms with Crippen LogP contribution < -0.4 is 5.32 Å². The monoisotopic (exact) mass is 287 g/mol. The average molecular weight is 288 g/mol. The van der Waals surface area contributed by atoms with Gasteiger partial charge in [-0.1, -0.05) is 29.8 Å². The number of halogens is 2. The number of hydrogen-bond donors (Lipinski definition) is 1. The van der Waals surface area contributed by atoms with Gasteiger partial charge in [0.05, 0.1) is 10.7 Å². The van der Waals surface area contributed by atoms with Crippen LogP contribution in [0.15, 0.2) is 60.9 Å². The molecule has 0 bridgehead atoms. The number of nitrogens with zero attached hydrogens (tertiary/aromatic N) is 2. The quantitative estimate of drug-likeness (QED) is 0.773. The van der Waals surface area contributed by atoms with Gasteiger partial charge in [-0.15, -0.1) is 0 Å². The van der Waals surface area contributed by atoms with Gasteiger partial charge in [0.1, 0.15) is 5.82 Å². The van der Waals surface area contributed by atoms with E-state index < -0.39 is 0 Å². The van der Waals surface area contributed by atoms with E-state index in [1.165, 1.54) is 12.1 Å². The van der Waals surface area contributed by atoms with E-state index in [4.69, 9.17) is 11.6 Å². The Balaban J connectivity index is 1.98. The molecule has 2 aromatic carbocycles. The summed E-state index contributed by atoms with van der Waals surface area (Å²) in [5.74, 6) is 0.251. The van der Waals surface area contributed by atoms with Crippen molar-refractivity contribution in [3.05, 3.63) is 71.8 Å². The van der Waals surface area contributed by atoms with Crippen LogP contribution >= 0.6 is 11.6 Å². The molecule has 0 unspecified atom stereocenters. The predicted octanol–water partition coefficient (Wildman–Crippen LogP) is 4.41. The first-order chi connectivity index (χ1) is 9.74. The summed E-state index contributed by atoms with van der Waals surface area (Å²) in [4.78, 5) is 4.25. The zero-order valence-corrected chi connectivity index (χ0v) is 11.2. The van der Waals surface area contributed by atoms with E-state index in [0.717, 1.165) is 5.69 Å². The van der Waals surface area contributed by atoms with E-state index in [2.05, 4.69) is 10.3 Å². The molecular weight excluding hydrogens is 277 g/mol. The van der Waals surface area contributed by atoms with Crippen molar-refractivity contribution in [3.8, 4) is 5.69 Å². The summed E-state index contributed by atoms with van der Waals surface area (Å²) < 4.78 is 14.9. The fourth-order valence-electron chi connectivity index (χ4n) is 1.92. The van der Waals surface area contributed by atoms with Crippen LogP contribution in [0.2, 0.25) is 5.02 Å². The number of para-hydroxylation sites is 1. The Morgan fingerprint density at radius 2 is 1.90 bits per heavy atom. The summed E-state index contributed by atoms with van der Waals surface area (Å²) in [6.07, 6.45) is 3.43. The number of imidazole rings is 1. The molecule has 0 saturated carbocycles. The van der Waals surface area contributed by atoms with Crippen LogP contribution in [-0.4, -0.2) is 9.55 Å². The minimum atomic E-state index is -0.364. The number of anilines is 2. The number of nitrogens with one attached hydrogen (secondary N) is 1. The van der Waals surface area contributed by atoms with Gasteiger partial charge in [-0.3, -0.25) is 4.57 Å². The van der Waals surface area contributed by atoms with Gasteiger partial charge >= 0.3 is 0 Å². The molecule has 0 aliphatic heterocycles. The molecule has 1 aromatic heterocycles. The zero-order valence-electron chi connectivity index (χ0n) is 10.4. The SMILES string of the molecule is Fc1ccc(-n2ccnc2Nc2ccccc2)c(Cl)c1. The zero-order chi connectivity index (χ0) is 13.9. The summed E-state index contributed by atoms with van der Waals surface area (Å²) in [5, 5.41) is 3.52.